The SMILES string of the molecule is COc1ccc(C(=O)NNC(=O)Cc2c[nH]c3ccccc23)cn1. The van der Waals surface area contributed by atoms with Gasteiger partial charge >= 0.3 is 0 Å². The first-order chi connectivity index (χ1) is 11.7. The highest BCUT2D eigenvalue weighted by molar-refractivity contribution is 5.95. The summed E-state index contributed by atoms with van der Waals surface area (Å²) in [7, 11) is 1.49. The fourth-order valence-electron chi connectivity index (χ4n) is 2.33. The van der Waals surface area contributed by atoms with Crippen molar-refractivity contribution < 1.29 is 14.3 Å². The Kier molecular flexibility index (Phi) is 4.42. The van der Waals surface area contributed by atoms with Crippen LogP contribution in [0.4, 0.5) is 0 Å². The maximum atomic E-state index is 12.0. The molecule has 0 unspecified atom stereocenters. The summed E-state index contributed by atoms with van der Waals surface area (Å²) >= 11 is 0. The molecule has 0 radical (unpaired) electrons. The Balaban J connectivity index is 1.57. The van der Waals surface area contributed by atoms with Crippen molar-refractivity contribution in [3.8, 4) is 5.88 Å². The van der Waals surface area contributed by atoms with Gasteiger partial charge in [-0.05, 0) is 17.7 Å². The Hall–Kier alpha value is -3.35. The average molecular weight is 324 g/mol. The minimum atomic E-state index is -0.447. The summed E-state index contributed by atoms with van der Waals surface area (Å²) in [4.78, 5) is 31.0. The van der Waals surface area contributed by atoms with Crippen molar-refractivity contribution in [2.45, 2.75) is 6.42 Å². The molecule has 0 saturated heterocycles. The van der Waals surface area contributed by atoms with E-state index in [1.54, 1.807) is 18.3 Å². The van der Waals surface area contributed by atoms with Crippen LogP contribution in [-0.2, 0) is 11.2 Å². The summed E-state index contributed by atoms with van der Waals surface area (Å²) in [6, 6.07) is 10.8. The Labute approximate surface area is 138 Å². The van der Waals surface area contributed by atoms with Crippen LogP contribution < -0.4 is 15.6 Å². The molecule has 3 N–H and O–H groups in total. The number of hydrogen-bond acceptors (Lipinski definition) is 4. The van der Waals surface area contributed by atoms with Gasteiger partial charge < -0.3 is 9.72 Å². The van der Waals surface area contributed by atoms with Gasteiger partial charge in [-0.15, -0.1) is 0 Å². The van der Waals surface area contributed by atoms with Crippen molar-refractivity contribution in [3.05, 3.63) is 59.9 Å². The van der Waals surface area contributed by atoms with E-state index in [2.05, 4.69) is 20.8 Å². The van der Waals surface area contributed by atoms with E-state index < -0.39 is 5.91 Å². The van der Waals surface area contributed by atoms with Crippen molar-refractivity contribution >= 4 is 22.7 Å². The molecular weight excluding hydrogens is 308 g/mol. The van der Waals surface area contributed by atoms with Crippen molar-refractivity contribution in [2.24, 2.45) is 0 Å². The van der Waals surface area contributed by atoms with Gasteiger partial charge in [0.2, 0.25) is 11.8 Å². The fraction of sp³-hybridized carbons (Fsp3) is 0.118. The Morgan fingerprint density at radius 1 is 1.17 bits per heavy atom. The van der Waals surface area contributed by atoms with E-state index in [0.717, 1.165) is 16.5 Å². The number of carbonyl (C=O) groups excluding carboxylic acids is 2. The molecule has 7 nitrogen and oxygen atoms in total. The first-order valence-electron chi connectivity index (χ1n) is 7.31. The van der Waals surface area contributed by atoms with Gasteiger partial charge in [0.05, 0.1) is 19.1 Å². The first-order valence-corrected chi connectivity index (χ1v) is 7.31. The van der Waals surface area contributed by atoms with Crippen molar-refractivity contribution in [1.82, 2.24) is 20.8 Å². The molecule has 3 rings (SSSR count). The zero-order valence-electron chi connectivity index (χ0n) is 13.0. The minimum absolute atomic E-state index is 0.158. The molecule has 0 aliphatic rings. The Morgan fingerprint density at radius 3 is 2.75 bits per heavy atom. The molecule has 0 aliphatic carbocycles. The van der Waals surface area contributed by atoms with Gasteiger partial charge in [-0.2, -0.15) is 0 Å². The second kappa shape index (κ2) is 6.82. The van der Waals surface area contributed by atoms with E-state index in [1.165, 1.54) is 13.3 Å². The van der Waals surface area contributed by atoms with Crippen LogP contribution in [0, 0.1) is 0 Å². The smallest absolute Gasteiger partial charge is 0.271 e. The summed E-state index contributed by atoms with van der Waals surface area (Å²) in [5.74, 6) is -0.345. The third-order valence-corrected chi connectivity index (χ3v) is 3.55. The van der Waals surface area contributed by atoms with Crippen molar-refractivity contribution in [1.29, 1.82) is 0 Å². The molecular formula is C17H16N4O3. The summed E-state index contributed by atoms with van der Waals surface area (Å²) in [6.07, 6.45) is 3.32. The number of hydrazine groups is 1. The van der Waals surface area contributed by atoms with Crippen LogP contribution in [0.15, 0.2) is 48.8 Å². The lowest BCUT2D eigenvalue weighted by molar-refractivity contribution is -0.121. The average Bonchev–Trinajstić information content (AvgIpc) is 3.03. The van der Waals surface area contributed by atoms with Crippen molar-refractivity contribution in [2.75, 3.05) is 7.11 Å². The van der Waals surface area contributed by atoms with E-state index in [0.29, 0.717) is 11.4 Å². The normalized spacial score (nSPS) is 10.4. The number of nitrogens with zero attached hydrogens (tertiary/aromatic N) is 1. The molecule has 2 amide bonds. The lowest BCUT2D eigenvalue weighted by Crippen LogP contribution is -2.42. The third kappa shape index (κ3) is 3.35. The second-order valence-electron chi connectivity index (χ2n) is 5.13. The maximum Gasteiger partial charge on any atom is 0.271 e. The number of pyridine rings is 1. The third-order valence-electron chi connectivity index (χ3n) is 3.55. The number of hydrogen-bond donors (Lipinski definition) is 3. The van der Waals surface area contributed by atoms with Gasteiger partial charge in [0.25, 0.3) is 5.91 Å². The number of amides is 2. The van der Waals surface area contributed by atoms with E-state index in [-0.39, 0.29) is 12.3 Å². The zero-order valence-corrected chi connectivity index (χ0v) is 13.0. The number of aromatic nitrogens is 2. The molecule has 2 aromatic heterocycles. The van der Waals surface area contributed by atoms with Crippen LogP contribution in [0.2, 0.25) is 0 Å². The molecule has 24 heavy (non-hydrogen) atoms. The topological polar surface area (TPSA) is 96.1 Å². The van der Waals surface area contributed by atoms with Crippen LogP contribution in [-0.4, -0.2) is 28.9 Å². The van der Waals surface area contributed by atoms with Gasteiger partial charge in [-0.3, -0.25) is 20.4 Å². The summed E-state index contributed by atoms with van der Waals surface area (Å²) < 4.78 is 4.93. The molecule has 0 saturated carbocycles. The number of rotatable bonds is 4. The first kappa shape index (κ1) is 15.5. The molecule has 2 heterocycles. The van der Waals surface area contributed by atoms with E-state index in [9.17, 15) is 9.59 Å². The monoisotopic (exact) mass is 324 g/mol. The highest BCUT2D eigenvalue weighted by atomic mass is 16.5. The van der Waals surface area contributed by atoms with Gasteiger partial charge in [0, 0.05) is 29.4 Å². The molecule has 122 valence electrons. The highest BCUT2D eigenvalue weighted by Crippen LogP contribution is 2.17. The van der Waals surface area contributed by atoms with Crippen LogP contribution >= 0.6 is 0 Å². The quantitative estimate of drug-likeness (QED) is 0.635. The molecule has 0 atom stereocenters. The largest absolute Gasteiger partial charge is 0.481 e. The van der Waals surface area contributed by atoms with E-state index in [1.807, 2.05) is 24.3 Å². The lowest BCUT2D eigenvalue weighted by Gasteiger charge is -2.07. The van der Waals surface area contributed by atoms with Gasteiger partial charge in [0.15, 0.2) is 0 Å². The molecule has 1 aromatic carbocycles. The van der Waals surface area contributed by atoms with E-state index in [4.69, 9.17) is 4.74 Å². The fourth-order valence-corrected chi connectivity index (χ4v) is 2.33. The number of H-pyrrole nitrogens is 1. The van der Waals surface area contributed by atoms with Crippen molar-refractivity contribution in [3.63, 3.8) is 0 Å². The van der Waals surface area contributed by atoms with Crippen LogP contribution in [0.1, 0.15) is 15.9 Å². The minimum Gasteiger partial charge on any atom is -0.481 e. The van der Waals surface area contributed by atoms with E-state index >= 15 is 0 Å². The molecule has 3 aromatic rings. The highest BCUT2D eigenvalue weighted by Gasteiger charge is 2.11. The standard InChI is InChI=1S/C17H16N4O3/c1-24-16-7-6-11(9-19-16)17(23)21-20-15(22)8-12-10-18-14-5-3-2-4-13(12)14/h2-7,9-10,18H,8H2,1H3,(H,20,22)(H,21,23). The predicted octanol–water partition coefficient (Wildman–Crippen LogP) is 1.58. The summed E-state index contributed by atoms with van der Waals surface area (Å²) in [6.45, 7) is 0. The second-order valence-corrected chi connectivity index (χ2v) is 5.13. The van der Waals surface area contributed by atoms with Gasteiger partial charge in [0.1, 0.15) is 0 Å². The summed E-state index contributed by atoms with van der Waals surface area (Å²) in [5, 5.41) is 0.985. The van der Waals surface area contributed by atoms with Crippen LogP contribution in [0.5, 0.6) is 5.88 Å². The number of nitrogens with one attached hydrogen (secondary N) is 3. The predicted molar refractivity (Wildman–Crippen MR) is 88.4 cm³/mol. The maximum absolute atomic E-state index is 12.0. The van der Waals surface area contributed by atoms with Gasteiger partial charge in [-0.1, -0.05) is 18.2 Å². The Morgan fingerprint density at radius 2 is 2.00 bits per heavy atom. The molecule has 0 fully saturated rings. The molecule has 7 heteroatoms. The lowest BCUT2D eigenvalue weighted by atomic mass is 10.1. The zero-order chi connectivity index (χ0) is 16.9. The number of aromatic amines is 1. The number of para-hydroxylation sites is 1. The number of carbonyl (C=O) groups is 2. The number of ether oxygens (including phenoxy) is 1. The molecule has 0 bridgehead atoms. The van der Waals surface area contributed by atoms with Crippen LogP contribution in [0.25, 0.3) is 10.9 Å². The molecule has 0 aliphatic heterocycles. The number of methoxy groups -OCH3 is 1. The van der Waals surface area contributed by atoms with Gasteiger partial charge in [-0.25, -0.2) is 4.98 Å². The number of fused-ring (bicyclic) bond motifs is 1. The number of benzene rings is 1. The van der Waals surface area contributed by atoms with Crippen LogP contribution in [0.3, 0.4) is 0 Å². The Bertz CT molecular complexity index is 871. The molecule has 0 spiro atoms. The summed E-state index contributed by atoms with van der Waals surface area (Å²) in [5.41, 5.74) is 6.92.